The van der Waals surface area contributed by atoms with Gasteiger partial charge in [-0.3, -0.25) is 14.0 Å². The number of nitrogens with zero attached hydrogens (tertiary/aromatic N) is 4. The summed E-state index contributed by atoms with van der Waals surface area (Å²) in [7, 11) is 1.62. The van der Waals surface area contributed by atoms with Crippen LogP contribution >= 0.6 is 13.5 Å². The summed E-state index contributed by atoms with van der Waals surface area (Å²) in [6.07, 6.45) is 1.05. The SMILES string of the molecule is COc1ccc2c(c1)nc(NCCCCCC(=O)[C@@H](NC(=O)[C@@H](F)C(C)C)C(C)C)c1nnc(C)n12.S. The molecule has 37 heavy (non-hydrogen) atoms. The maximum absolute atomic E-state index is 14.0. The Hall–Kier alpha value is -2.95. The lowest BCUT2D eigenvalue weighted by Gasteiger charge is -2.23. The van der Waals surface area contributed by atoms with Gasteiger partial charge >= 0.3 is 0 Å². The number of alkyl halides is 1. The average Bonchev–Trinajstić information content (AvgIpc) is 3.24. The van der Waals surface area contributed by atoms with Crippen LogP contribution in [0.5, 0.6) is 5.75 Å². The lowest BCUT2D eigenvalue weighted by molar-refractivity contribution is -0.132. The van der Waals surface area contributed by atoms with Crippen LogP contribution in [0.15, 0.2) is 18.2 Å². The fraction of sp³-hybridized carbons (Fsp3) is 0.577. The third-order valence-electron chi connectivity index (χ3n) is 6.23. The molecule has 0 aliphatic heterocycles. The number of unbranched alkanes of at least 4 members (excludes halogenated alkanes) is 2. The van der Waals surface area contributed by atoms with Gasteiger partial charge in [0, 0.05) is 19.0 Å². The summed E-state index contributed by atoms with van der Waals surface area (Å²) in [5, 5.41) is 14.4. The lowest BCUT2D eigenvalue weighted by atomic mass is 9.95. The van der Waals surface area contributed by atoms with E-state index in [1.165, 1.54) is 0 Å². The highest BCUT2D eigenvalue weighted by Gasteiger charge is 2.28. The Kier molecular flexibility index (Phi) is 11.1. The normalized spacial score (nSPS) is 13.0. The number of benzene rings is 1. The van der Waals surface area contributed by atoms with E-state index in [0.29, 0.717) is 30.9 Å². The number of hydrogen-bond acceptors (Lipinski definition) is 7. The summed E-state index contributed by atoms with van der Waals surface area (Å²) in [4.78, 5) is 29.5. The molecule has 0 fully saturated rings. The van der Waals surface area contributed by atoms with Crippen LogP contribution in [0.4, 0.5) is 10.2 Å². The van der Waals surface area contributed by atoms with Gasteiger partial charge in [0.25, 0.3) is 5.91 Å². The number of aryl methyl sites for hydroxylation is 1. The monoisotopic (exact) mass is 534 g/mol. The highest BCUT2D eigenvalue weighted by Crippen LogP contribution is 2.25. The molecule has 0 bridgehead atoms. The number of nitrogens with one attached hydrogen (secondary N) is 2. The Bertz CT molecular complexity index is 1220. The molecule has 11 heteroatoms. The van der Waals surface area contributed by atoms with Gasteiger partial charge in [0.1, 0.15) is 11.6 Å². The van der Waals surface area contributed by atoms with Crippen molar-refractivity contribution in [3.63, 3.8) is 0 Å². The van der Waals surface area contributed by atoms with Crippen molar-refractivity contribution < 1.29 is 18.7 Å². The smallest absolute Gasteiger partial charge is 0.255 e. The molecular weight excluding hydrogens is 495 g/mol. The lowest BCUT2D eigenvalue weighted by Crippen LogP contribution is -2.48. The van der Waals surface area contributed by atoms with Crippen molar-refractivity contribution in [1.82, 2.24) is 24.9 Å². The zero-order valence-electron chi connectivity index (χ0n) is 22.5. The number of ether oxygens (including phenoxy) is 1. The van der Waals surface area contributed by atoms with Crippen molar-refractivity contribution in [2.75, 3.05) is 19.0 Å². The van der Waals surface area contributed by atoms with Gasteiger partial charge in [0.15, 0.2) is 17.8 Å². The molecule has 2 aromatic heterocycles. The topological polar surface area (TPSA) is 111 Å². The Morgan fingerprint density at radius 3 is 2.46 bits per heavy atom. The number of methoxy groups -OCH3 is 1. The van der Waals surface area contributed by atoms with Gasteiger partial charge in [-0.25, -0.2) is 9.37 Å². The fourth-order valence-electron chi connectivity index (χ4n) is 4.12. The molecule has 0 saturated carbocycles. The van der Waals surface area contributed by atoms with Crippen LogP contribution in [0.3, 0.4) is 0 Å². The number of halogens is 1. The van der Waals surface area contributed by atoms with Crippen molar-refractivity contribution in [3.05, 3.63) is 24.0 Å². The zero-order valence-corrected chi connectivity index (χ0v) is 23.5. The van der Waals surface area contributed by atoms with Gasteiger partial charge in [-0.2, -0.15) is 13.5 Å². The molecule has 3 rings (SSSR count). The highest BCUT2D eigenvalue weighted by atomic mass is 32.1. The van der Waals surface area contributed by atoms with Crippen LogP contribution in [0, 0.1) is 18.8 Å². The third-order valence-corrected chi connectivity index (χ3v) is 6.23. The molecule has 0 aliphatic rings. The van der Waals surface area contributed by atoms with Crippen molar-refractivity contribution in [2.24, 2.45) is 11.8 Å². The molecule has 0 spiro atoms. The Morgan fingerprint density at radius 1 is 1.08 bits per heavy atom. The Morgan fingerprint density at radius 2 is 1.81 bits per heavy atom. The summed E-state index contributed by atoms with van der Waals surface area (Å²) in [6.45, 7) is 9.55. The molecule has 9 nitrogen and oxygen atoms in total. The molecule has 0 radical (unpaired) electrons. The number of fused-ring (bicyclic) bond motifs is 3. The predicted octanol–water partition coefficient (Wildman–Crippen LogP) is 4.38. The summed E-state index contributed by atoms with van der Waals surface area (Å²) >= 11 is 0. The first-order chi connectivity index (χ1) is 17.1. The second kappa shape index (κ2) is 13.6. The van der Waals surface area contributed by atoms with E-state index in [1.807, 2.05) is 43.4 Å². The molecule has 204 valence electrons. The number of rotatable bonds is 13. The number of aromatic nitrogens is 4. The molecule has 0 aliphatic carbocycles. The molecule has 1 amide bonds. The van der Waals surface area contributed by atoms with Gasteiger partial charge in [0.05, 0.1) is 24.2 Å². The summed E-state index contributed by atoms with van der Waals surface area (Å²) in [5.41, 5.74) is 2.33. The maximum atomic E-state index is 14.0. The van der Waals surface area contributed by atoms with Gasteiger partial charge < -0.3 is 15.4 Å². The molecule has 2 atom stereocenters. The van der Waals surface area contributed by atoms with Crippen LogP contribution in [-0.4, -0.2) is 57.1 Å². The minimum atomic E-state index is -1.62. The number of anilines is 1. The van der Waals surface area contributed by atoms with Crippen LogP contribution in [0.25, 0.3) is 16.7 Å². The summed E-state index contributed by atoms with van der Waals surface area (Å²) < 4.78 is 21.3. The van der Waals surface area contributed by atoms with E-state index in [-0.39, 0.29) is 25.2 Å². The fourth-order valence-corrected chi connectivity index (χ4v) is 4.12. The van der Waals surface area contributed by atoms with Crippen LogP contribution in [0.1, 0.15) is 59.2 Å². The standard InChI is InChI=1S/C26H37FN6O3.H2S/c1-15(2)22(27)26(35)30-23(16(3)4)21(34)10-8-7-9-13-28-24-25-32-31-17(5)33(25)20-12-11-18(36-6)14-19(20)29-24;/h11-12,14-16,22-23H,7-10,13H2,1-6H3,(H,28,29)(H,30,35);1H2/t22-,23-;/m0./s1. The van der Waals surface area contributed by atoms with E-state index in [4.69, 9.17) is 9.72 Å². The first-order valence-corrected chi connectivity index (χ1v) is 12.5. The number of carbonyl (C=O) groups is 2. The number of Topliss-reactive ketones (excluding diaryl/α,β-unsaturated/α-hetero) is 1. The van der Waals surface area contributed by atoms with Crippen molar-refractivity contribution in [1.29, 1.82) is 0 Å². The van der Waals surface area contributed by atoms with Crippen LogP contribution in [0.2, 0.25) is 0 Å². The highest BCUT2D eigenvalue weighted by molar-refractivity contribution is 7.59. The van der Waals surface area contributed by atoms with Gasteiger partial charge in [-0.05, 0) is 43.7 Å². The average molecular weight is 535 g/mol. The molecule has 2 heterocycles. The van der Waals surface area contributed by atoms with Crippen LogP contribution < -0.4 is 15.4 Å². The van der Waals surface area contributed by atoms with Gasteiger partial charge in [0.2, 0.25) is 5.65 Å². The summed E-state index contributed by atoms with van der Waals surface area (Å²) in [6, 6.07) is 5.03. The van der Waals surface area contributed by atoms with E-state index in [0.717, 1.165) is 35.4 Å². The van der Waals surface area contributed by atoms with Crippen molar-refractivity contribution in [3.8, 4) is 5.75 Å². The van der Waals surface area contributed by atoms with E-state index in [2.05, 4.69) is 20.8 Å². The molecule has 1 aromatic carbocycles. The quantitative estimate of drug-likeness (QED) is 0.313. The molecule has 0 saturated heterocycles. The Labute approximate surface area is 224 Å². The minimum absolute atomic E-state index is 0. The first-order valence-electron chi connectivity index (χ1n) is 12.5. The molecule has 0 unspecified atom stereocenters. The largest absolute Gasteiger partial charge is 0.497 e. The van der Waals surface area contributed by atoms with E-state index in [9.17, 15) is 14.0 Å². The Balaban J connectivity index is 0.00000481. The summed E-state index contributed by atoms with van der Waals surface area (Å²) in [5.74, 6) is 0.823. The predicted molar refractivity (Wildman–Crippen MR) is 148 cm³/mol. The van der Waals surface area contributed by atoms with E-state index < -0.39 is 24.0 Å². The van der Waals surface area contributed by atoms with Crippen LogP contribution in [-0.2, 0) is 9.59 Å². The minimum Gasteiger partial charge on any atom is -0.497 e. The number of amides is 1. The van der Waals surface area contributed by atoms with Gasteiger partial charge in [-0.1, -0.05) is 34.1 Å². The molecule has 3 aromatic rings. The third kappa shape index (κ3) is 7.30. The van der Waals surface area contributed by atoms with E-state index in [1.54, 1.807) is 21.0 Å². The zero-order chi connectivity index (χ0) is 26.4. The molecular formula is C26H39FN6O3S. The number of ketones is 1. The molecule has 2 N–H and O–H groups in total. The van der Waals surface area contributed by atoms with Crippen molar-refractivity contribution in [2.45, 2.75) is 72.5 Å². The second-order valence-electron chi connectivity index (χ2n) is 9.80. The first kappa shape index (κ1) is 30.3. The van der Waals surface area contributed by atoms with Gasteiger partial charge in [-0.15, -0.1) is 10.2 Å². The number of carbonyl (C=O) groups excluding carboxylic acids is 2. The second-order valence-corrected chi connectivity index (χ2v) is 9.80. The number of hydrogen-bond donors (Lipinski definition) is 2. The van der Waals surface area contributed by atoms with E-state index >= 15 is 0 Å². The van der Waals surface area contributed by atoms with Crippen molar-refractivity contribution >= 4 is 47.7 Å². The maximum Gasteiger partial charge on any atom is 0.255 e.